The molecule has 0 atom stereocenters. The third-order valence-corrected chi connectivity index (χ3v) is 2.94. The quantitative estimate of drug-likeness (QED) is 0.946. The van der Waals surface area contributed by atoms with E-state index in [-0.39, 0.29) is 28.2 Å². The first-order valence-corrected chi connectivity index (χ1v) is 5.76. The lowest BCUT2D eigenvalue weighted by molar-refractivity contribution is -0.136. The summed E-state index contributed by atoms with van der Waals surface area (Å²) in [6, 6.07) is 1.74. The topological polar surface area (TPSA) is 60.6 Å². The molecule has 1 N–H and O–H groups in total. The molecule has 2 aromatic rings. The summed E-state index contributed by atoms with van der Waals surface area (Å²) in [5.41, 5.74) is -2.02. The number of fused-ring (bicyclic) bond motifs is 1. The fourth-order valence-electron chi connectivity index (χ4n) is 2.12. The molecule has 0 unspecified atom stereocenters. The molecule has 8 heteroatoms. The number of aromatic nitrogens is 1. The van der Waals surface area contributed by atoms with Crippen LogP contribution < -0.4 is 19.8 Å². The van der Waals surface area contributed by atoms with Crippen molar-refractivity contribution in [1.29, 1.82) is 0 Å². The Morgan fingerprint density at radius 1 is 1.00 bits per heavy atom. The minimum Gasteiger partial charge on any atom is -0.493 e. The van der Waals surface area contributed by atoms with E-state index in [0.717, 1.165) is 0 Å². The van der Waals surface area contributed by atoms with Gasteiger partial charge in [0.1, 0.15) is 0 Å². The first-order chi connectivity index (χ1) is 9.83. The summed E-state index contributed by atoms with van der Waals surface area (Å²) in [6.45, 7) is 0. The van der Waals surface area contributed by atoms with Gasteiger partial charge < -0.3 is 19.2 Å². The van der Waals surface area contributed by atoms with Crippen molar-refractivity contribution >= 4 is 10.9 Å². The number of nitrogens with one attached hydrogen (secondary N) is 1. The Morgan fingerprint density at radius 3 is 2.10 bits per heavy atom. The molecule has 0 saturated heterocycles. The molecule has 0 aliphatic heterocycles. The predicted molar refractivity (Wildman–Crippen MR) is 69.2 cm³/mol. The van der Waals surface area contributed by atoms with Crippen LogP contribution in [0.25, 0.3) is 10.9 Å². The predicted octanol–water partition coefficient (Wildman–Crippen LogP) is 2.57. The number of alkyl halides is 3. The summed E-state index contributed by atoms with van der Waals surface area (Å²) in [6.07, 6.45) is -4.71. The van der Waals surface area contributed by atoms with E-state index in [1.165, 1.54) is 27.4 Å². The smallest absolute Gasteiger partial charge is 0.417 e. The van der Waals surface area contributed by atoms with Crippen molar-refractivity contribution in [1.82, 2.24) is 4.98 Å². The molecule has 1 aromatic heterocycles. The molecule has 1 aromatic carbocycles. The standard InChI is InChI=1S/C13H12F3NO4/c1-19-8-5-7-10(12(21-3)11(8)20-2)6(13(14,15)16)4-9(18)17-7/h4-5H,1-3H3,(H,17,18). The Balaban J connectivity index is 3.03. The lowest BCUT2D eigenvalue weighted by Crippen LogP contribution is -2.14. The van der Waals surface area contributed by atoms with Crippen LogP contribution in [-0.2, 0) is 6.18 Å². The number of hydrogen-bond donors (Lipinski definition) is 1. The molecule has 21 heavy (non-hydrogen) atoms. The summed E-state index contributed by atoms with van der Waals surface area (Å²) in [7, 11) is 3.82. The van der Waals surface area contributed by atoms with Crippen LogP contribution in [0.3, 0.4) is 0 Å². The maximum absolute atomic E-state index is 13.2. The highest BCUT2D eigenvalue weighted by Gasteiger charge is 2.36. The van der Waals surface area contributed by atoms with Gasteiger partial charge in [0.25, 0.3) is 0 Å². The summed E-state index contributed by atoms with van der Waals surface area (Å²) in [5.74, 6) is 0.0114. The number of rotatable bonds is 3. The SMILES string of the molecule is COc1cc2[nH]c(=O)cc(C(F)(F)F)c2c(OC)c1OC. The third kappa shape index (κ3) is 2.48. The van der Waals surface area contributed by atoms with Crippen LogP contribution in [0, 0.1) is 0 Å². The van der Waals surface area contributed by atoms with E-state index >= 15 is 0 Å². The van der Waals surface area contributed by atoms with Crippen molar-refractivity contribution in [2.24, 2.45) is 0 Å². The minimum absolute atomic E-state index is 0.0186. The molecule has 5 nitrogen and oxygen atoms in total. The molecule has 114 valence electrons. The van der Waals surface area contributed by atoms with E-state index in [9.17, 15) is 18.0 Å². The van der Waals surface area contributed by atoms with Crippen LogP contribution in [0.5, 0.6) is 17.2 Å². The first-order valence-electron chi connectivity index (χ1n) is 5.76. The van der Waals surface area contributed by atoms with Gasteiger partial charge in [-0.05, 0) is 0 Å². The average molecular weight is 303 g/mol. The zero-order valence-corrected chi connectivity index (χ0v) is 11.4. The van der Waals surface area contributed by atoms with Crippen LogP contribution >= 0.6 is 0 Å². The first kappa shape index (κ1) is 15.0. The molecule has 0 aliphatic carbocycles. The molecule has 0 spiro atoms. The Morgan fingerprint density at radius 2 is 1.62 bits per heavy atom. The second-order valence-electron chi connectivity index (χ2n) is 4.11. The second-order valence-corrected chi connectivity index (χ2v) is 4.11. The number of methoxy groups -OCH3 is 3. The zero-order valence-electron chi connectivity index (χ0n) is 11.4. The van der Waals surface area contributed by atoms with E-state index in [1.807, 2.05) is 0 Å². The molecule has 0 saturated carbocycles. The maximum Gasteiger partial charge on any atom is 0.417 e. The second kappa shape index (κ2) is 5.19. The molecular weight excluding hydrogens is 291 g/mol. The number of ether oxygens (including phenoxy) is 3. The Kier molecular flexibility index (Phi) is 3.71. The Hall–Kier alpha value is -2.38. The summed E-state index contributed by atoms with van der Waals surface area (Å²) in [4.78, 5) is 13.8. The lowest BCUT2D eigenvalue weighted by Gasteiger charge is -2.17. The van der Waals surface area contributed by atoms with Gasteiger partial charge in [-0.1, -0.05) is 0 Å². The number of aromatic amines is 1. The normalized spacial score (nSPS) is 11.5. The highest BCUT2D eigenvalue weighted by atomic mass is 19.4. The van der Waals surface area contributed by atoms with Gasteiger partial charge in [0.05, 0.1) is 37.8 Å². The van der Waals surface area contributed by atoms with Crippen LogP contribution in [-0.4, -0.2) is 26.3 Å². The van der Waals surface area contributed by atoms with Crippen molar-refractivity contribution in [2.75, 3.05) is 21.3 Å². The van der Waals surface area contributed by atoms with Crippen molar-refractivity contribution in [3.05, 3.63) is 28.0 Å². The van der Waals surface area contributed by atoms with Crippen LogP contribution in [0.2, 0.25) is 0 Å². The van der Waals surface area contributed by atoms with E-state index in [4.69, 9.17) is 14.2 Å². The maximum atomic E-state index is 13.2. The van der Waals surface area contributed by atoms with Crippen LogP contribution in [0.1, 0.15) is 5.56 Å². The molecule has 1 heterocycles. The zero-order chi connectivity index (χ0) is 15.8. The number of hydrogen-bond acceptors (Lipinski definition) is 4. The van der Waals surface area contributed by atoms with Crippen LogP contribution in [0.4, 0.5) is 13.2 Å². The van der Waals surface area contributed by atoms with Gasteiger partial charge in [-0.15, -0.1) is 0 Å². The molecule has 0 radical (unpaired) electrons. The van der Waals surface area contributed by atoms with Crippen LogP contribution in [0.15, 0.2) is 16.9 Å². The third-order valence-electron chi connectivity index (χ3n) is 2.94. The monoisotopic (exact) mass is 303 g/mol. The lowest BCUT2D eigenvalue weighted by atomic mass is 10.1. The fraction of sp³-hybridized carbons (Fsp3) is 0.308. The number of benzene rings is 1. The van der Waals surface area contributed by atoms with Gasteiger partial charge in [-0.2, -0.15) is 13.2 Å². The van der Waals surface area contributed by atoms with Crippen molar-refractivity contribution in [2.45, 2.75) is 6.18 Å². The van der Waals surface area contributed by atoms with Gasteiger partial charge in [0.15, 0.2) is 11.5 Å². The molecule has 0 bridgehead atoms. The van der Waals surface area contributed by atoms with E-state index in [1.54, 1.807) is 0 Å². The summed E-state index contributed by atoms with van der Waals surface area (Å²) < 4.78 is 54.6. The van der Waals surface area contributed by atoms with Crippen molar-refractivity contribution < 1.29 is 27.4 Å². The summed E-state index contributed by atoms with van der Waals surface area (Å²) >= 11 is 0. The highest BCUT2D eigenvalue weighted by Crippen LogP contribution is 2.46. The van der Waals surface area contributed by atoms with E-state index < -0.39 is 17.3 Å². The average Bonchev–Trinajstić information content (AvgIpc) is 2.42. The Labute approximate surface area is 117 Å². The van der Waals surface area contributed by atoms with Crippen molar-refractivity contribution in [3.8, 4) is 17.2 Å². The Bertz CT molecular complexity index is 737. The highest BCUT2D eigenvalue weighted by molar-refractivity contribution is 5.93. The fourth-order valence-corrected chi connectivity index (χ4v) is 2.12. The molecule has 2 rings (SSSR count). The van der Waals surface area contributed by atoms with E-state index in [2.05, 4.69) is 4.98 Å². The largest absolute Gasteiger partial charge is 0.493 e. The molecule has 0 aliphatic rings. The number of pyridine rings is 1. The van der Waals surface area contributed by atoms with Gasteiger partial charge in [0, 0.05) is 12.1 Å². The van der Waals surface area contributed by atoms with Gasteiger partial charge in [0.2, 0.25) is 11.3 Å². The summed E-state index contributed by atoms with van der Waals surface area (Å²) in [5, 5.41) is -0.290. The van der Waals surface area contributed by atoms with Gasteiger partial charge in [-0.25, -0.2) is 0 Å². The van der Waals surface area contributed by atoms with Gasteiger partial charge >= 0.3 is 6.18 Å². The minimum atomic E-state index is -4.71. The van der Waals surface area contributed by atoms with E-state index in [0.29, 0.717) is 6.07 Å². The molecular formula is C13H12F3NO4. The molecule has 0 fully saturated rings. The number of halogens is 3. The number of H-pyrrole nitrogens is 1. The molecule has 0 amide bonds. The van der Waals surface area contributed by atoms with Gasteiger partial charge in [-0.3, -0.25) is 4.79 Å². The van der Waals surface area contributed by atoms with Crippen molar-refractivity contribution in [3.63, 3.8) is 0 Å².